The van der Waals surface area contributed by atoms with E-state index in [1.807, 2.05) is 0 Å². The van der Waals surface area contributed by atoms with E-state index in [2.05, 4.69) is 36.5 Å². The highest BCUT2D eigenvalue weighted by molar-refractivity contribution is 5.46. The third-order valence-electron chi connectivity index (χ3n) is 3.09. The number of methoxy groups -OCH3 is 1. The number of rotatable bonds is 4. The van der Waals surface area contributed by atoms with Crippen molar-refractivity contribution in [2.24, 2.45) is 0 Å². The summed E-state index contributed by atoms with van der Waals surface area (Å²) < 4.78 is 10.7. The first kappa shape index (κ1) is 12.4. The summed E-state index contributed by atoms with van der Waals surface area (Å²) in [7, 11) is 1.72. The van der Waals surface area contributed by atoms with Crippen LogP contribution in [-0.4, -0.2) is 25.9 Å². The molecule has 0 bridgehead atoms. The Morgan fingerprint density at radius 1 is 1.47 bits per heavy atom. The van der Waals surface area contributed by atoms with Crippen LogP contribution in [0.1, 0.15) is 25.3 Å². The third kappa shape index (κ3) is 3.72. The molecule has 1 aliphatic heterocycles. The third-order valence-corrected chi connectivity index (χ3v) is 3.09. The van der Waals surface area contributed by atoms with Gasteiger partial charge in [-0.15, -0.1) is 0 Å². The van der Waals surface area contributed by atoms with Crippen LogP contribution in [0.5, 0.6) is 0 Å². The first-order chi connectivity index (χ1) is 8.28. The molecule has 1 N–H and O–H groups in total. The van der Waals surface area contributed by atoms with Gasteiger partial charge in [0.05, 0.1) is 12.7 Å². The van der Waals surface area contributed by atoms with Crippen molar-refractivity contribution >= 4 is 5.69 Å². The Labute approximate surface area is 103 Å². The summed E-state index contributed by atoms with van der Waals surface area (Å²) in [5.41, 5.74) is 2.39. The zero-order valence-electron chi connectivity index (χ0n) is 10.6. The fraction of sp³-hybridized carbons (Fsp3) is 0.571. The maximum Gasteiger partial charge on any atom is 0.0713 e. The Morgan fingerprint density at radius 3 is 3.12 bits per heavy atom. The van der Waals surface area contributed by atoms with Crippen molar-refractivity contribution < 1.29 is 9.47 Å². The van der Waals surface area contributed by atoms with E-state index in [0.717, 1.165) is 19.4 Å². The SMILES string of the molecule is COCc1cccc(NC2CCOC(C)C2)c1. The predicted molar refractivity (Wildman–Crippen MR) is 69.2 cm³/mol. The lowest BCUT2D eigenvalue weighted by molar-refractivity contribution is 0.0232. The number of benzene rings is 1. The van der Waals surface area contributed by atoms with Gasteiger partial charge in [0.25, 0.3) is 0 Å². The molecule has 1 aromatic rings. The minimum Gasteiger partial charge on any atom is -0.382 e. The van der Waals surface area contributed by atoms with Crippen molar-refractivity contribution in [1.82, 2.24) is 0 Å². The topological polar surface area (TPSA) is 30.5 Å². The fourth-order valence-corrected chi connectivity index (χ4v) is 2.28. The molecule has 94 valence electrons. The summed E-state index contributed by atoms with van der Waals surface area (Å²) in [5.74, 6) is 0. The second-order valence-corrected chi connectivity index (χ2v) is 4.68. The standard InChI is InChI=1S/C14H21NO2/c1-11-8-14(6-7-17-11)15-13-5-3-4-12(9-13)10-16-2/h3-5,9,11,14-15H,6-8,10H2,1-2H3. The molecule has 1 fully saturated rings. The predicted octanol–water partition coefficient (Wildman–Crippen LogP) is 2.81. The van der Waals surface area contributed by atoms with Gasteiger partial charge in [0, 0.05) is 25.4 Å². The minimum absolute atomic E-state index is 0.364. The van der Waals surface area contributed by atoms with Crippen LogP contribution >= 0.6 is 0 Å². The maximum atomic E-state index is 5.55. The Balaban J connectivity index is 1.95. The van der Waals surface area contributed by atoms with Gasteiger partial charge in [-0.25, -0.2) is 0 Å². The van der Waals surface area contributed by atoms with E-state index < -0.39 is 0 Å². The van der Waals surface area contributed by atoms with Gasteiger partial charge in [0.1, 0.15) is 0 Å². The van der Waals surface area contributed by atoms with Crippen LogP contribution in [0.15, 0.2) is 24.3 Å². The molecule has 3 nitrogen and oxygen atoms in total. The molecule has 0 aromatic heterocycles. The van der Waals surface area contributed by atoms with Gasteiger partial charge in [-0.2, -0.15) is 0 Å². The number of nitrogens with one attached hydrogen (secondary N) is 1. The van der Waals surface area contributed by atoms with Crippen LogP contribution in [0, 0.1) is 0 Å². The van der Waals surface area contributed by atoms with Crippen molar-refractivity contribution in [3.63, 3.8) is 0 Å². The molecule has 1 aromatic carbocycles. The molecule has 3 heteroatoms. The van der Waals surface area contributed by atoms with Crippen LogP contribution < -0.4 is 5.32 Å². The minimum atomic E-state index is 0.364. The fourth-order valence-electron chi connectivity index (χ4n) is 2.28. The van der Waals surface area contributed by atoms with E-state index in [0.29, 0.717) is 18.8 Å². The highest BCUT2D eigenvalue weighted by Crippen LogP contribution is 2.19. The van der Waals surface area contributed by atoms with Crippen LogP contribution in [0.4, 0.5) is 5.69 Å². The van der Waals surface area contributed by atoms with Crippen molar-refractivity contribution in [3.05, 3.63) is 29.8 Å². The monoisotopic (exact) mass is 235 g/mol. The van der Waals surface area contributed by atoms with Crippen molar-refractivity contribution in [1.29, 1.82) is 0 Å². The van der Waals surface area contributed by atoms with E-state index in [9.17, 15) is 0 Å². The molecular formula is C14H21NO2. The van der Waals surface area contributed by atoms with Crippen molar-refractivity contribution in [3.8, 4) is 0 Å². The zero-order chi connectivity index (χ0) is 12.1. The van der Waals surface area contributed by atoms with E-state index in [1.54, 1.807) is 7.11 Å². The van der Waals surface area contributed by atoms with Gasteiger partial charge in [0.2, 0.25) is 0 Å². The van der Waals surface area contributed by atoms with E-state index >= 15 is 0 Å². The molecule has 2 unspecified atom stereocenters. The largest absolute Gasteiger partial charge is 0.382 e. The number of ether oxygens (including phenoxy) is 2. The molecule has 0 saturated carbocycles. The van der Waals surface area contributed by atoms with E-state index in [1.165, 1.54) is 11.3 Å². The van der Waals surface area contributed by atoms with Crippen LogP contribution in [0.2, 0.25) is 0 Å². The Morgan fingerprint density at radius 2 is 2.35 bits per heavy atom. The molecule has 0 amide bonds. The molecule has 2 rings (SSSR count). The first-order valence-corrected chi connectivity index (χ1v) is 6.24. The van der Waals surface area contributed by atoms with Gasteiger partial charge in [-0.1, -0.05) is 12.1 Å². The summed E-state index contributed by atoms with van der Waals surface area (Å²) >= 11 is 0. The molecule has 0 spiro atoms. The van der Waals surface area contributed by atoms with Gasteiger partial charge in [-0.05, 0) is 37.5 Å². The molecule has 17 heavy (non-hydrogen) atoms. The summed E-state index contributed by atoms with van der Waals surface area (Å²) in [5, 5.41) is 3.57. The molecule has 1 saturated heterocycles. The average molecular weight is 235 g/mol. The van der Waals surface area contributed by atoms with Gasteiger partial charge < -0.3 is 14.8 Å². The number of hydrogen-bond acceptors (Lipinski definition) is 3. The highest BCUT2D eigenvalue weighted by atomic mass is 16.5. The quantitative estimate of drug-likeness (QED) is 0.870. The van der Waals surface area contributed by atoms with Gasteiger partial charge in [-0.3, -0.25) is 0 Å². The smallest absolute Gasteiger partial charge is 0.0713 e. The molecule has 1 heterocycles. The molecule has 0 radical (unpaired) electrons. The number of anilines is 1. The van der Waals surface area contributed by atoms with Crippen molar-refractivity contribution in [2.75, 3.05) is 19.0 Å². The summed E-state index contributed by atoms with van der Waals surface area (Å²) in [6.07, 6.45) is 2.52. The van der Waals surface area contributed by atoms with Gasteiger partial charge in [0.15, 0.2) is 0 Å². The Bertz CT molecular complexity index is 354. The molecule has 0 aliphatic carbocycles. The van der Waals surface area contributed by atoms with Crippen LogP contribution in [0.3, 0.4) is 0 Å². The lowest BCUT2D eigenvalue weighted by Crippen LogP contribution is -2.32. The van der Waals surface area contributed by atoms with Crippen molar-refractivity contribution in [2.45, 2.75) is 38.5 Å². The summed E-state index contributed by atoms with van der Waals surface area (Å²) in [6.45, 7) is 3.66. The maximum absolute atomic E-state index is 5.55. The van der Waals surface area contributed by atoms with E-state index in [-0.39, 0.29) is 0 Å². The van der Waals surface area contributed by atoms with Crippen LogP contribution in [-0.2, 0) is 16.1 Å². The average Bonchev–Trinajstić information content (AvgIpc) is 2.30. The highest BCUT2D eigenvalue weighted by Gasteiger charge is 2.18. The van der Waals surface area contributed by atoms with E-state index in [4.69, 9.17) is 9.47 Å². The lowest BCUT2D eigenvalue weighted by Gasteiger charge is -2.28. The Kier molecular flexibility index (Phi) is 4.40. The molecule has 1 aliphatic rings. The molecular weight excluding hydrogens is 214 g/mol. The zero-order valence-corrected chi connectivity index (χ0v) is 10.6. The van der Waals surface area contributed by atoms with Crippen LogP contribution in [0.25, 0.3) is 0 Å². The first-order valence-electron chi connectivity index (χ1n) is 6.24. The second-order valence-electron chi connectivity index (χ2n) is 4.68. The summed E-state index contributed by atoms with van der Waals surface area (Å²) in [6, 6.07) is 8.94. The number of hydrogen-bond donors (Lipinski definition) is 1. The second kappa shape index (κ2) is 6.03. The molecule has 2 atom stereocenters. The normalized spacial score (nSPS) is 24.6. The Hall–Kier alpha value is -1.06. The van der Waals surface area contributed by atoms with Gasteiger partial charge >= 0.3 is 0 Å². The lowest BCUT2D eigenvalue weighted by atomic mass is 10.0. The summed E-state index contributed by atoms with van der Waals surface area (Å²) in [4.78, 5) is 0.